The molecule has 0 amide bonds. The Balaban J connectivity index is 1.75. The number of fused-ring (bicyclic) bond motifs is 1. The number of aromatic amines is 1. The molecule has 0 saturated carbocycles. The topological polar surface area (TPSA) is 57.3 Å². The van der Waals surface area contributed by atoms with Crippen LogP contribution in [0.25, 0.3) is 10.9 Å². The number of hydrogen-bond acceptors (Lipinski definition) is 4. The first-order chi connectivity index (χ1) is 9.29. The highest BCUT2D eigenvalue weighted by Crippen LogP contribution is 2.23. The Kier molecular flexibility index (Phi) is 5.72. The quantitative estimate of drug-likeness (QED) is 0.510. The van der Waals surface area contributed by atoms with Gasteiger partial charge in [-0.1, -0.05) is 18.2 Å². The van der Waals surface area contributed by atoms with Crippen LogP contribution >= 0.6 is 11.8 Å². The third kappa shape index (κ3) is 4.54. The molecule has 19 heavy (non-hydrogen) atoms. The second-order valence-corrected chi connectivity index (χ2v) is 5.44. The smallest absolute Gasteiger partial charge is 0.0758 e. The number of thioether (sulfide) groups is 1. The van der Waals surface area contributed by atoms with E-state index in [0.717, 1.165) is 17.1 Å². The van der Waals surface area contributed by atoms with Gasteiger partial charge in [0.05, 0.1) is 17.7 Å². The minimum atomic E-state index is -0.353. The summed E-state index contributed by atoms with van der Waals surface area (Å²) in [7, 11) is 1.67. The molecule has 1 heterocycles. The highest BCUT2D eigenvalue weighted by molar-refractivity contribution is 7.99. The molecule has 104 valence electrons. The first-order valence-electron chi connectivity index (χ1n) is 6.38. The number of aromatic nitrogens is 1. The maximum Gasteiger partial charge on any atom is 0.0758 e. The van der Waals surface area contributed by atoms with Crippen molar-refractivity contribution in [1.29, 1.82) is 0 Å². The number of benzene rings is 1. The number of aliphatic hydroxyl groups excluding tert-OH is 1. The van der Waals surface area contributed by atoms with Gasteiger partial charge >= 0.3 is 0 Å². The summed E-state index contributed by atoms with van der Waals surface area (Å²) in [6, 6.07) is 10.3. The van der Waals surface area contributed by atoms with E-state index in [9.17, 15) is 5.11 Å². The third-order valence-corrected chi connectivity index (χ3v) is 3.88. The molecule has 2 rings (SSSR count). The van der Waals surface area contributed by atoms with Crippen molar-refractivity contribution < 1.29 is 9.84 Å². The Hall–Kier alpha value is -1.01. The third-order valence-electron chi connectivity index (χ3n) is 2.80. The lowest BCUT2D eigenvalue weighted by atomic mass is 10.3. The lowest BCUT2D eigenvalue weighted by molar-refractivity contribution is 0.175. The second kappa shape index (κ2) is 7.55. The van der Waals surface area contributed by atoms with Crippen LogP contribution in [0.4, 0.5) is 0 Å². The Labute approximate surface area is 117 Å². The van der Waals surface area contributed by atoms with Crippen LogP contribution in [0, 0.1) is 0 Å². The minimum absolute atomic E-state index is 0.353. The lowest BCUT2D eigenvalue weighted by Crippen LogP contribution is -2.30. The molecule has 0 fully saturated rings. The van der Waals surface area contributed by atoms with E-state index in [1.54, 1.807) is 18.9 Å². The maximum absolute atomic E-state index is 9.85. The first-order valence-corrected chi connectivity index (χ1v) is 7.36. The van der Waals surface area contributed by atoms with Crippen molar-refractivity contribution >= 4 is 22.7 Å². The average molecular weight is 280 g/mol. The zero-order chi connectivity index (χ0) is 13.5. The molecule has 3 N–H and O–H groups in total. The van der Waals surface area contributed by atoms with E-state index >= 15 is 0 Å². The van der Waals surface area contributed by atoms with Gasteiger partial charge in [0.1, 0.15) is 0 Å². The van der Waals surface area contributed by atoms with Crippen molar-refractivity contribution in [2.24, 2.45) is 0 Å². The van der Waals surface area contributed by atoms with Crippen LogP contribution in [0.2, 0.25) is 0 Å². The van der Waals surface area contributed by atoms with Gasteiger partial charge in [0, 0.05) is 36.9 Å². The number of methoxy groups -OCH3 is 1. The second-order valence-electron chi connectivity index (χ2n) is 4.38. The summed E-state index contributed by atoms with van der Waals surface area (Å²) >= 11 is 1.64. The predicted octanol–water partition coefficient (Wildman–Crippen LogP) is 1.86. The monoisotopic (exact) mass is 280 g/mol. The molecule has 4 nitrogen and oxygen atoms in total. The first kappa shape index (κ1) is 14.4. The minimum Gasteiger partial charge on any atom is -0.391 e. The van der Waals surface area contributed by atoms with Gasteiger partial charge in [0.25, 0.3) is 0 Å². The van der Waals surface area contributed by atoms with Crippen LogP contribution in [0.3, 0.4) is 0 Å². The lowest BCUT2D eigenvalue weighted by Gasteiger charge is -2.10. The molecule has 1 atom stereocenters. The van der Waals surface area contributed by atoms with E-state index in [-0.39, 0.29) is 6.10 Å². The molecule has 0 aliphatic carbocycles. The summed E-state index contributed by atoms with van der Waals surface area (Å²) in [6.07, 6.45) is -0.353. The molecule has 0 spiro atoms. The highest BCUT2D eigenvalue weighted by atomic mass is 32.2. The largest absolute Gasteiger partial charge is 0.391 e. The molecule has 2 aromatic rings. The van der Waals surface area contributed by atoms with Crippen LogP contribution in [0.15, 0.2) is 35.4 Å². The van der Waals surface area contributed by atoms with Crippen molar-refractivity contribution in [2.45, 2.75) is 11.1 Å². The standard InChI is InChI=1S/C14H20N2O2S/c1-18-7-6-15-9-12(17)10-19-14-8-11-4-2-3-5-13(11)16-14/h2-5,8,12,15-17H,6-7,9-10H2,1H3. The van der Waals surface area contributed by atoms with E-state index in [0.29, 0.717) is 18.9 Å². The molecule has 0 saturated heterocycles. The Morgan fingerprint density at radius 2 is 2.26 bits per heavy atom. The molecule has 1 aromatic heterocycles. The fraction of sp³-hybridized carbons (Fsp3) is 0.429. The van der Waals surface area contributed by atoms with E-state index in [2.05, 4.69) is 28.5 Å². The molecule has 1 aromatic carbocycles. The molecule has 0 aliphatic rings. The van der Waals surface area contributed by atoms with Crippen molar-refractivity contribution in [3.8, 4) is 0 Å². The normalized spacial score (nSPS) is 12.9. The highest BCUT2D eigenvalue weighted by Gasteiger charge is 2.06. The number of ether oxygens (including phenoxy) is 1. The summed E-state index contributed by atoms with van der Waals surface area (Å²) in [5.41, 5.74) is 1.14. The Bertz CT molecular complexity index is 468. The van der Waals surface area contributed by atoms with Gasteiger partial charge in [0.2, 0.25) is 0 Å². The van der Waals surface area contributed by atoms with Gasteiger partial charge in [-0.3, -0.25) is 0 Å². The van der Waals surface area contributed by atoms with Gasteiger partial charge in [-0.25, -0.2) is 0 Å². The zero-order valence-electron chi connectivity index (χ0n) is 11.1. The fourth-order valence-electron chi connectivity index (χ4n) is 1.81. The number of H-pyrrole nitrogens is 1. The van der Waals surface area contributed by atoms with Crippen molar-refractivity contribution in [3.05, 3.63) is 30.3 Å². The molecule has 5 heteroatoms. The van der Waals surface area contributed by atoms with Crippen LogP contribution in [0.5, 0.6) is 0 Å². The van der Waals surface area contributed by atoms with Gasteiger partial charge in [-0.15, -0.1) is 11.8 Å². The number of nitrogens with one attached hydrogen (secondary N) is 2. The summed E-state index contributed by atoms with van der Waals surface area (Å²) in [5, 5.41) is 15.3. The molecule has 0 radical (unpaired) electrons. The molecule has 1 unspecified atom stereocenters. The van der Waals surface area contributed by atoms with E-state index in [4.69, 9.17) is 4.74 Å². The van der Waals surface area contributed by atoms with Crippen molar-refractivity contribution in [2.75, 3.05) is 32.6 Å². The van der Waals surface area contributed by atoms with Gasteiger partial charge in [-0.05, 0) is 12.1 Å². The van der Waals surface area contributed by atoms with Crippen molar-refractivity contribution in [1.82, 2.24) is 10.3 Å². The van der Waals surface area contributed by atoms with Crippen molar-refractivity contribution in [3.63, 3.8) is 0 Å². The Morgan fingerprint density at radius 3 is 3.05 bits per heavy atom. The molecule has 0 aliphatic heterocycles. The summed E-state index contributed by atoms with van der Waals surface area (Å²) < 4.78 is 4.93. The van der Waals surface area contributed by atoms with E-state index < -0.39 is 0 Å². The summed E-state index contributed by atoms with van der Waals surface area (Å²) in [5.74, 6) is 0.673. The number of hydrogen-bond donors (Lipinski definition) is 3. The van der Waals surface area contributed by atoms with Crippen LogP contribution in [0.1, 0.15) is 0 Å². The molecular formula is C14H20N2O2S. The van der Waals surface area contributed by atoms with Gasteiger partial charge in [-0.2, -0.15) is 0 Å². The van der Waals surface area contributed by atoms with Crippen LogP contribution < -0.4 is 5.32 Å². The SMILES string of the molecule is COCCNCC(O)CSc1cc2ccccc2[nH]1. The maximum atomic E-state index is 9.85. The molecule has 0 bridgehead atoms. The summed E-state index contributed by atoms with van der Waals surface area (Å²) in [6.45, 7) is 2.03. The van der Waals surface area contributed by atoms with Gasteiger partial charge < -0.3 is 20.1 Å². The van der Waals surface area contributed by atoms with Gasteiger partial charge in [0.15, 0.2) is 0 Å². The Morgan fingerprint density at radius 1 is 1.42 bits per heavy atom. The number of rotatable bonds is 8. The predicted molar refractivity (Wildman–Crippen MR) is 79.8 cm³/mol. The fourth-order valence-corrected chi connectivity index (χ4v) is 2.69. The van der Waals surface area contributed by atoms with Crippen LogP contribution in [-0.4, -0.2) is 48.8 Å². The summed E-state index contributed by atoms with van der Waals surface area (Å²) in [4.78, 5) is 3.34. The van der Waals surface area contributed by atoms with E-state index in [1.807, 2.05) is 12.1 Å². The van der Waals surface area contributed by atoms with E-state index in [1.165, 1.54) is 5.39 Å². The zero-order valence-corrected chi connectivity index (χ0v) is 11.9. The van der Waals surface area contributed by atoms with Crippen LogP contribution in [-0.2, 0) is 4.74 Å². The average Bonchev–Trinajstić information content (AvgIpc) is 2.84. The number of para-hydroxylation sites is 1. The molecular weight excluding hydrogens is 260 g/mol. The number of aliphatic hydroxyl groups is 1.